The van der Waals surface area contributed by atoms with E-state index in [1.807, 2.05) is 0 Å². The van der Waals surface area contributed by atoms with E-state index in [9.17, 15) is 0 Å². The van der Waals surface area contributed by atoms with Crippen LogP contribution < -0.4 is 17.2 Å². The first-order valence-electron chi connectivity index (χ1n) is 11.4. The van der Waals surface area contributed by atoms with Gasteiger partial charge >= 0.3 is 0 Å². The van der Waals surface area contributed by atoms with E-state index in [0.29, 0.717) is 12.1 Å². The van der Waals surface area contributed by atoms with E-state index >= 15 is 0 Å². The monoisotopic (exact) mass is 392 g/mol. The molecule has 2 unspecified atom stereocenters. The Labute approximate surface area is 175 Å². The second-order valence-corrected chi connectivity index (χ2v) is 8.00. The molecule has 6 N–H and O–H groups in total. The van der Waals surface area contributed by atoms with Crippen LogP contribution in [-0.4, -0.2) is 23.7 Å². The molecule has 4 nitrogen and oxygen atoms in total. The largest absolute Gasteiger partial charge is 0.397 e. The quantitative estimate of drug-likeness (QED) is 0.168. The second-order valence-electron chi connectivity index (χ2n) is 8.00. The summed E-state index contributed by atoms with van der Waals surface area (Å²) >= 11 is 0. The van der Waals surface area contributed by atoms with Gasteiger partial charge in [-0.1, -0.05) is 78.4 Å². The van der Waals surface area contributed by atoms with E-state index in [1.165, 1.54) is 64.2 Å². The molecule has 0 aliphatic rings. The predicted octanol–water partition coefficient (Wildman–Crippen LogP) is 7.13. The minimum absolute atomic E-state index is 0. The van der Waals surface area contributed by atoms with E-state index in [4.69, 9.17) is 5.73 Å². The van der Waals surface area contributed by atoms with Crippen LogP contribution in [0.2, 0.25) is 0 Å². The van der Waals surface area contributed by atoms with Gasteiger partial charge in [-0.25, -0.2) is 0 Å². The van der Waals surface area contributed by atoms with Crippen molar-refractivity contribution in [3.63, 3.8) is 0 Å². The predicted molar refractivity (Wildman–Crippen MR) is 127 cm³/mol. The highest BCUT2D eigenvalue weighted by molar-refractivity contribution is 5.69. The average Bonchev–Trinajstić information content (AvgIpc) is 2.68. The Kier molecular flexibility index (Phi) is 14.9. The number of anilines is 2. The van der Waals surface area contributed by atoms with E-state index in [0.717, 1.165) is 23.6 Å². The van der Waals surface area contributed by atoms with Gasteiger partial charge in [0.1, 0.15) is 0 Å². The van der Waals surface area contributed by atoms with Gasteiger partial charge in [0, 0.05) is 12.1 Å². The van der Waals surface area contributed by atoms with Gasteiger partial charge in [-0.3, -0.25) is 4.90 Å². The van der Waals surface area contributed by atoms with Crippen molar-refractivity contribution in [2.24, 2.45) is 0 Å². The van der Waals surface area contributed by atoms with E-state index in [1.54, 1.807) is 0 Å². The molecule has 0 aliphatic carbocycles. The van der Waals surface area contributed by atoms with Gasteiger partial charge in [0.2, 0.25) is 0 Å². The Bertz CT molecular complexity index is 485. The van der Waals surface area contributed by atoms with Gasteiger partial charge in [-0.15, -0.1) is 0 Å². The van der Waals surface area contributed by atoms with Crippen LogP contribution in [0, 0.1) is 6.92 Å². The second kappa shape index (κ2) is 15.6. The number of hydrogen-bond acceptors (Lipinski definition) is 4. The molecule has 0 saturated heterocycles. The van der Waals surface area contributed by atoms with Gasteiger partial charge in [-0.05, 0) is 44.2 Å². The molecule has 1 aromatic carbocycles. The van der Waals surface area contributed by atoms with Gasteiger partial charge in [0.15, 0.2) is 0 Å². The smallest absolute Gasteiger partial charge is 0.0683 e. The first kappa shape index (κ1) is 26.7. The molecular formula is C24H48N4. The highest BCUT2D eigenvalue weighted by Crippen LogP contribution is 2.25. The van der Waals surface area contributed by atoms with Crippen molar-refractivity contribution in [1.82, 2.24) is 11.1 Å². The third-order valence-corrected chi connectivity index (χ3v) is 5.94. The van der Waals surface area contributed by atoms with Crippen LogP contribution in [0.4, 0.5) is 11.4 Å². The molecule has 164 valence electrons. The van der Waals surface area contributed by atoms with Crippen molar-refractivity contribution in [3.05, 3.63) is 23.8 Å². The Morgan fingerprint density at radius 3 is 1.89 bits per heavy atom. The molecular weight excluding hydrogens is 344 g/mol. The molecule has 0 fully saturated rings. The lowest BCUT2D eigenvalue weighted by Gasteiger charge is -2.38. The van der Waals surface area contributed by atoms with Crippen LogP contribution in [0.1, 0.15) is 97.5 Å². The number of para-hydroxylation sites is 1. The summed E-state index contributed by atoms with van der Waals surface area (Å²) in [6.45, 7) is 12.3. The van der Waals surface area contributed by atoms with Gasteiger partial charge in [0.05, 0.1) is 18.0 Å². The van der Waals surface area contributed by atoms with Gasteiger partial charge in [-0.2, -0.15) is 0 Å². The molecule has 1 rings (SSSR count). The first-order valence-corrected chi connectivity index (χ1v) is 11.4. The molecule has 0 aliphatic heterocycles. The normalized spacial score (nSPS) is 13.2. The fourth-order valence-corrected chi connectivity index (χ4v) is 4.04. The molecule has 28 heavy (non-hydrogen) atoms. The number of nitrogens with zero attached hydrogens (tertiary/aromatic N) is 1. The third kappa shape index (κ3) is 8.83. The highest BCUT2D eigenvalue weighted by atomic mass is 15.3. The summed E-state index contributed by atoms with van der Waals surface area (Å²) in [5.74, 6) is 0. The van der Waals surface area contributed by atoms with Crippen molar-refractivity contribution in [2.75, 3.05) is 17.7 Å². The van der Waals surface area contributed by atoms with Gasteiger partial charge in [0.25, 0.3) is 0 Å². The lowest BCUT2D eigenvalue weighted by Crippen LogP contribution is -2.45. The fraction of sp³-hybridized carbons (Fsp3) is 0.750. The number of nitrogen functional groups attached to an aromatic ring is 1. The maximum absolute atomic E-state index is 6.30. The lowest BCUT2D eigenvalue weighted by molar-refractivity contribution is 0.118. The lowest BCUT2D eigenvalue weighted by atomic mass is 9.98. The standard InChI is InChI=1S/C24H45N3.H3N/c1-6-10-12-16-21(8-3)27(22(9-4)17-13-11-7-2)19-26-23-18-14-15-20(5)24(23)25;/h14-15,18,21-22,26H,6-13,16-17,19,25H2,1-5H3;1H3. The zero-order valence-corrected chi connectivity index (χ0v) is 19.4. The van der Waals surface area contributed by atoms with Crippen LogP contribution in [0.3, 0.4) is 0 Å². The summed E-state index contributed by atoms with van der Waals surface area (Å²) < 4.78 is 0. The molecule has 0 aromatic heterocycles. The van der Waals surface area contributed by atoms with Crippen LogP contribution in [0.15, 0.2) is 18.2 Å². The maximum Gasteiger partial charge on any atom is 0.0683 e. The van der Waals surface area contributed by atoms with Crippen molar-refractivity contribution >= 4 is 11.4 Å². The summed E-state index contributed by atoms with van der Waals surface area (Å²) in [5, 5.41) is 3.67. The van der Waals surface area contributed by atoms with Crippen molar-refractivity contribution in [3.8, 4) is 0 Å². The minimum Gasteiger partial charge on any atom is -0.397 e. The Morgan fingerprint density at radius 1 is 0.893 bits per heavy atom. The van der Waals surface area contributed by atoms with E-state index < -0.39 is 0 Å². The summed E-state index contributed by atoms with van der Waals surface area (Å²) in [5.41, 5.74) is 9.41. The van der Waals surface area contributed by atoms with Crippen molar-refractivity contribution < 1.29 is 0 Å². The summed E-state index contributed by atoms with van der Waals surface area (Å²) in [7, 11) is 0. The topological polar surface area (TPSA) is 76.3 Å². The minimum atomic E-state index is 0. The van der Waals surface area contributed by atoms with E-state index in [2.05, 4.69) is 63.0 Å². The molecule has 0 spiro atoms. The van der Waals surface area contributed by atoms with Crippen LogP contribution in [0.25, 0.3) is 0 Å². The molecule has 2 atom stereocenters. The molecule has 0 heterocycles. The Hall–Kier alpha value is -1.26. The SMILES string of the molecule is CCCCCC(CC)N(CNc1cccc(C)c1N)C(CC)CCCCC.N. The van der Waals surface area contributed by atoms with Crippen LogP contribution >= 0.6 is 0 Å². The average molecular weight is 393 g/mol. The highest BCUT2D eigenvalue weighted by Gasteiger charge is 2.23. The van der Waals surface area contributed by atoms with Crippen LogP contribution in [0.5, 0.6) is 0 Å². The van der Waals surface area contributed by atoms with E-state index in [-0.39, 0.29) is 6.15 Å². The molecule has 0 radical (unpaired) electrons. The molecule has 1 aromatic rings. The van der Waals surface area contributed by atoms with Crippen molar-refractivity contribution in [2.45, 2.75) is 111 Å². The summed E-state index contributed by atoms with van der Waals surface area (Å²) in [4.78, 5) is 2.74. The third-order valence-electron chi connectivity index (χ3n) is 5.94. The number of nitrogens with one attached hydrogen (secondary N) is 1. The number of unbranched alkanes of at least 4 members (excludes halogenated alkanes) is 4. The Balaban J connectivity index is 0.00000729. The number of aryl methyl sites for hydroxylation is 1. The van der Waals surface area contributed by atoms with Gasteiger partial charge < -0.3 is 17.2 Å². The first-order chi connectivity index (χ1) is 13.1. The number of hydrogen-bond donors (Lipinski definition) is 3. The number of rotatable bonds is 15. The van der Waals surface area contributed by atoms with Crippen LogP contribution in [-0.2, 0) is 0 Å². The molecule has 4 heteroatoms. The zero-order valence-electron chi connectivity index (χ0n) is 19.4. The Morgan fingerprint density at radius 2 is 1.43 bits per heavy atom. The maximum atomic E-state index is 6.30. The fourth-order valence-electron chi connectivity index (χ4n) is 4.04. The number of nitrogens with two attached hydrogens (primary N) is 1. The van der Waals surface area contributed by atoms with Crippen molar-refractivity contribution in [1.29, 1.82) is 0 Å². The molecule has 0 saturated carbocycles. The summed E-state index contributed by atoms with van der Waals surface area (Å²) in [6.07, 6.45) is 13.0. The molecule has 0 bridgehead atoms. The zero-order chi connectivity index (χ0) is 20.1. The molecule has 0 amide bonds. The number of benzene rings is 1. The summed E-state index contributed by atoms with van der Waals surface area (Å²) in [6, 6.07) is 7.59.